The molecule has 0 spiro atoms. The van der Waals surface area contributed by atoms with Gasteiger partial charge in [-0.1, -0.05) is 12.8 Å². The second-order valence-electron chi connectivity index (χ2n) is 17.1. The second-order valence-corrected chi connectivity index (χ2v) is 20.4. The Morgan fingerprint density at radius 2 is 1.11 bits per heavy atom. The van der Waals surface area contributed by atoms with Crippen LogP contribution in [-0.2, 0) is 43.2 Å². The van der Waals surface area contributed by atoms with Crippen LogP contribution in [0.4, 0.5) is 5.69 Å². The molecule has 0 aliphatic rings. The molecule has 6 amide bonds. The number of carbonyl (C=O) groups excluding carboxylic acids is 6. The number of thioether (sulfide) groups is 1. The van der Waals surface area contributed by atoms with Crippen LogP contribution in [0.25, 0.3) is 0 Å². The Balaban J connectivity index is 2.45. The number of anilines is 1. The summed E-state index contributed by atoms with van der Waals surface area (Å²) in [5.41, 5.74) is 0.375. The van der Waals surface area contributed by atoms with Crippen molar-refractivity contribution in [3.05, 3.63) is 24.3 Å². The van der Waals surface area contributed by atoms with Gasteiger partial charge in [-0.25, -0.2) is 9.68 Å². The molecule has 1 aromatic carbocycles. The van der Waals surface area contributed by atoms with Gasteiger partial charge in [0.15, 0.2) is 18.9 Å². The van der Waals surface area contributed by atoms with E-state index >= 15 is 0 Å². The van der Waals surface area contributed by atoms with Crippen LogP contribution in [0.5, 0.6) is 0 Å². The number of hydrogen-bond acceptors (Lipinski definition) is 22. The molecule has 0 aliphatic carbocycles. The van der Waals surface area contributed by atoms with Crippen LogP contribution in [-0.4, -0.2) is 259 Å². The van der Waals surface area contributed by atoms with Crippen molar-refractivity contribution < 1.29 is 97.5 Å². The van der Waals surface area contributed by atoms with Crippen molar-refractivity contribution in [1.82, 2.24) is 41.3 Å². The molecule has 0 aromatic heterocycles. The average Bonchev–Trinajstić information content (AvgIpc) is 3.33. The third-order valence-corrected chi connectivity index (χ3v) is 13.3. The summed E-state index contributed by atoms with van der Waals surface area (Å²) < 4.78 is 19.1. The minimum absolute atomic E-state index is 0.0345. The van der Waals surface area contributed by atoms with Crippen molar-refractivity contribution in [3.8, 4) is 0 Å². The Labute approximate surface area is 443 Å². The topological polar surface area (TPSA) is 450 Å². The van der Waals surface area contributed by atoms with E-state index in [-0.39, 0.29) is 108 Å². The molecular formula is C44H76AsN9O20S. The van der Waals surface area contributed by atoms with E-state index in [1.165, 1.54) is 29.2 Å². The number of nitrogens with one attached hydrogen (secondary N) is 6. The molecule has 1 rings (SSSR count). The van der Waals surface area contributed by atoms with Crippen LogP contribution in [0.1, 0.15) is 64.2 Å². The van der Waals surface area contributed by atoms with E-state index in [9.17, 15) is 82.3 Å². The summed E-state index contributed by atoms with van der Waals surface area (Å²) in [6.07, 6.45) is -2.60. The average molecular weight is 1160 g/mol. The zero-order chi connectivity index (χ0) is 56.1. The van der Waals surface area contributed by atoms with Gasteiger partial charge in [0, 0.05) is 84.7 Å². The van der Waals surface area contributed by atoms with Crippen molar-refractivity contribution in [3.63, 3.8) is 0 Å². The van der Waals surface area contributed by atoms with E-state index in [0.29, 0.717) is 61.7 Å². The number of rotatable bonds is 44. The number of carbonyl (C=O) groups is 8. The van der Waals surface area contributed by atoms with Crippen LogP contribution in [0.2, 0.25) is 0 Å². The fraction of sp³-hybridized carbons (Fsp3) is 0.682. The van der Waals surface area contributed by atoms with Crippen LogP contribution >= 0.6 is 11.8 Å². The molecule has 1 aromatic rings. The number of aliphatic hydroxyl groups excluding tert-OH is 3. The van der Waals surface area contributed by atoms with Gasteiger partial charge in [0.05, 0.1) is 13.2 Å². The third-order valence-electron chi connectivity index (χ3n) is 10.7. The minimum Gasteiger partial charge on any atom is -0.480 e. The summed E-state index contributed by atoms with van der Waals surface area (Å²) in [4.78, 5) is 108. The first-order valence-corrected chi connectivity index (χ1v) is 27.9. The molecular weight excluding hydrogens is 1080 g/mol. The monoisotopic (exact) mass is 1160 g/mol. The minimum atomic E-state index is -3.08. The maximum absolute atomic E-state index is 12.9. The Morgan fingerprint density at radius 3 is 1.65 bits per heavy atom. The first kappa shape index (κ1) is 68.4. The molecule has 29 nitrogen and oxygen atoms in total. The predicted octanol–water partition coefficient (Wildman–Crippen LogP) is -6.25. The third kappa shape index (κ3) is 36.1. The van der Waals surface area contributed by atoms with Gasteiger partial charge in [0.1, 0.15) is 12.6 Å². The smallest absolute Gasteiger partial charge is 0.480 e. The first-order chi connectivity index (χ1) is 35.6. The van der Waals surface area contributed by atoms with E-state index in [4.69, 9.17) is 10.4 Å². The molecule has 75 heavy (non-hydrogen) atoms. The van der Waals surface area contributed by atoms with Gasteiger partial charge < -0.3 is 56.8 Å². The van der Waals surface area contributed by atoms with Crippen molar-refractivity contribution in [1.29, 1.82) is 0 Å². The number of hydrogen-bond donors (Lipinski definition) is 17. The number of carboxylic acid groups (broad SMARTS) is 2. The van der Waals surface area contributed by atoms with Crippen LogP contribution in [0.3, 0.4) is 0 Å². The predicted molar refractivity (Wildman–Crippen MR) is 269 cm³/mol. The Morgan fingerprint density at radius 1 is 0.587 bits per heavy atom. The molecule has 0 unspecified atom stereocenters. The number of aliphatic carboxylic acids is 2. The molecule has 2 atom stereocenters. The summed E-state index contributed by atoms with van der Waals surface area (Å²) in [6, 6.07) is 3.12. The molecule has 0 saturated carbocycles. The number of carboxylic acids is 2. The molecule has 17 N–H and O–H groups in total. The summed E-state index contributed by atoms with van der Waals surface area (Å²) in [7, 11) is 0. The van der Waals surface area contributed by atoms with Gasteiger partial charge in [-0.2, -0.15) is 0 Å². The molecule has 0 heterocycles. The van der Waals surface area contributed by atoms with Crippen molar-refractivity contribution in [2.45, 2.75) is 95.2 Å². The summed E-state index contributed by atoms with van der Waals surface area (Å²) >= 11 is -2.13. The standard InChI is InChI=1S/C44H76AsN9O20S/c55-34(7-3-1-6-16-47-37(58)24-52(17-18-53(21-22-74-73)25-40(62)63)19-20-54(26-41(64)65)27-42(66)67)46-15-5-2-4-8-35(56)50-32(44(69)70)13-14-36(57)51-33(43(68)48-23-39(60)61)28-75-29-38(59)49-31-11-9-30(10-12-31)45(71)72/h9-12,32-33,40-42,62-67,71-73H,1-8,13-29H2,(H,46,55)(H,47,58)(H,48,68)(H,49,59)(H,50,56)(H,51,57)(H,60,61)(H,69,70)/t32-,33-/m0/s1. The SMILES string of the molecule is O=C(O)CNC(=O)[C@H](CSCC(=O)Nc1ccc([As](O)O)cc1)NC(=O)CC[C@H](NC(=O)CCCCCNC(=O)CCCCCNC(=O)CN(CCN(CCOO)CC(O)O)CCN(CC(O)O)CC(O)O)C(=O)O. The van der Waals surface area contributed by atoms with Crippen LogP contribution in [0, 0.1) is 0 Å². The maximum atomic E-state index is 12.9. The first-order valence-electron chi connectivity index (χ1n) is 24.1. The Kier molecular flexibility index (Phi) is 37.0. The zero-order valence-corrected chi connectivity index (χ0v) is 44.4. The van der Waals surface area contributed by atoms with Crippen LogP contribution < -0.4 is 36.3 Å². The Hall–Kier alpha value is -4.63. The molecule has 428 valence electrons. The number of amides is 6. The number of benzene rings is 1. The summed E-state index contributed by atoms with van der Waals surface area (Å²) in [5.74, 6) is -6.32. The van der Waals surface area contributed by atoms with Gasteiger partial charge in [0.2, 0.25) is 17.7 Å². The number of unbranched alkanes of at least 4 members (excludes halogenated alkanes) is 4. The van der Waals surface area contributed by atoms with Crippen molar-refractivity contribution in [2.75, 3.05) is 102 Å². The van der Waals surface area contributed by atoms with Gasteiger partial charge >= 0.3 is 142 Å². The van der Waals surface area contributed by atoms with E-state index in [1.807, 2.05) is 0 Å². The van der Waals surface area contributed by atoms with Crippen LogP contribution in [0.15, 0.2) is 24.3 Å². The summed E-state index contributed by atoms with van der Waals surface area (Å²) in [5, 5.41) is 99.0. The fourth-order valence-corrected chi connectivity index (χ4v) is 8.62. The zero-order valence-electron chi connectivity index (χ0n) is 41.7. The Bertz CT molecular complexity index is 1850. The van der Waals surface area contributed by atoms with Crippen molar-refractivity contribution >= 4 is 84.5 Å². The quantitative estimate of drug-likeness (QED) is 0.00950. The molecule has 0 aliphatic heterocycles. The van der Waals surface area contributed by atoms with E-state index in [1.54, 1.807) is 9.80 Å². The summed E-state index contributed by atoms with van der Waals surface area (Å²) in [6.45, 7) is -0.149. The van der Waals surface area contributed by atoms with E-state index < -0.39 is 94.8 Å². The van der Waals surface area contributed by atoms with Gasteiger partial charge in [0.25, 0.3) is 0 Å². The molecule has 0 radical (unpaired) electrons. The van der Waals surface area contributed by atoms with Crippen molar-refractivity contribution in [2.24, 2.45) is 0 Å². The number of nitrogens with zero attached hydrogens (tertiary/aromatic N) is 3. The van der Waals surface area contributed by atoms with E-state index in [2.05, 4.69) is 36.8 Å². The molecule has 31 heteroatoms. The molecule has 0 fully saturated rings. The second kappa shape index (κ2) is 40.6. The normalized spacial score (nSPS) is 12.4. The molecule has 0 bridgehead atoms. The fourth-order valence-electron chi connectivity index (χ4n) is 6.91. The van der Waals surface area contributed by atoms with Gasteiger partial charge in [-0.15, -0.1) is 0 Å². The van der Waals surface area contributed by atoms with Gasteiger partial charge in [-0.05, 0) is 32.1 Å². The van der Waals surface area contributed by atoms with Gasteiger partial charge in [-0.3, -0.25) is 43.9 Å². The number of aliphatic hydroxyl groups is 6. The molecule has 0 saturated heterocycles. The van der Waals surface area contributed by atoms with E-state index in [0.717, 1.165) is 11.8 Å².